The van der Waals surface area contributed by atoms with E-state index in [9.17, 15) is 14.4 Å². The third-order valence-electron chi connectivity index (χ3n) is 5.08. The molecule has 1 N–H and O–H groups in total. The molecule has 0 aromatic heterocycles. The second-order valence-electron chi connectivity index (χ2n) is 6.53. The van der Waals surface area contributed by atoms with E-state index in [4.69, 9.17) is 0 Å². The van der Waals surface area contributed by atoms with Gasteiger partial charge in [0.05, 0.1) is 11.8 Å². The van der Waals surface area contributed by atoms with Crippen LogP contribution in [0.5, 0.6) is 0 Å². The summed E-state index contributed by atoms with van der Waals surface area (Å²) in [5, 5.41) is 3.03. The van der Waals surface area contributed by atoms with E-state index >= 15 is 0 Å². The van der Waals surface area contributed by atoms with Crippen molar-refractivity contribution in [3.05, 3.63) is 0 Å². The summed E-state index contributed by atoms with van der Waals surface area (Å²) >= 11 is 1.92. The van der Waals surface area contributed by atoms with E-state index in [1.807, 2.05) is 11.8 Å². The van der Waals surface area contributed by atoms with Crippen molar-refractivity contribution in [3.63, 3.8) is 0 Å². The normalized spacial score (nSPS) is 29.5. The number of likely N-dealkylation sites (tertiary alicyclic amines) is 1. The van der Waals surface area contributed by atoms with Crippen molar-refractivity contribution in [3.8, 4) is 0 Å². The van der Waals surface area contributed by atoms with Crippen molar-refractivity contribution in [1.82, 2.24) is 10.2 Å². The third kappa shape index (κ3) is 3.31. The molecule has 2 aliphatic heterocycles. The highest BCUT2D eigenvalue weighted by molar-refractivity contribution is 7.99. The molecule has 122 valence electrons. The Labute approximate surface area is 135 Å². The number of imide groups is 1. The highest BCUT2D eigenvalue weighted by Gasteiger charge is 2.47. The molecule has 0 aromatic carbocycles. The first kappa shape index (κ1) is 15.8. The van der Waals surface area contributed by atoms with Crippen molar-refractivity contribution >= 4 is 29.5 Å². The second kappa shape index (κ2) is 7.02. The number of carbonyl (C=O) groups excluding carboxylic acids is 3. The summed E-state index contributed by atoms with van der Waals surface area (Å²) in [6.07, 6.45) is 6.00. The van der Waals surface area contributed by atoms with Gasteiger partial charge in [0.15, 0.2) is 0 Å². The summed E-state index contributed by atoms with van der Waals surface area (Å²) in [6, 6.07) is 0.265. The number of thioether (sulfide) groups is 1. The molecule has 2 saturated heterocycles. The van der Waals surface area contributed by atoms with Gasteiger partial charge in [0, 0.05) is 19.0 Å². The lowest BCUT2D eigenvalue weighted by molar-refractivity contribution is -0.140. The molecule has 0 unspecified atom stereocenters. The minimum absolute atomic E-state index is 0.0348. The maximum absolute atomic E-state index is 12.3. The number of rotatable bonds is 4. The van der Waals surface area contributed by atoms with Gasteiger partial charge in [-0.1, -0.05) is 12.8 Å². The van der Waals surface area contributed by atoms with Crippen molar-refractivity contribution in [2.75, 3.05) is 18.1 Å². The van der Waals surface area contributed by atoms with E-state index < -0.39 is 0 Å². The standard InChI is InChI=1S/C16H24N2O3S/c19-14(17-11-6-9-22-10-7-11)5-8-18-15(20)12-3-1-2-4-13(12)16(18)21/h11-13H,1-10H2,(H,17,19)/t12-,13+. The van der Waals surface area contributed by atoms with Crippen molar-refractivity contribution in [1.29, 1.82) is 0 Å². The largest absolute Gasteiger partial charge is 0.353 e. The summed E-state index contributed by atoms with van der Waals surface area (Å²) in [5.41, 5.74) is 0. The maximum Gasteiger partial charge on any atom is 0.233 e. The smallest absolute Gasteiger partial charge is 0.233 e. The van der Waals surface area contributed by atoms with Crippen LogP contribution in [0.3, 0.4) is 0 Å². The van der Waals surface area contributed by atoms with Crippen LogP contribution in [0.4, 0.5) is 0 Å². The van der Waals surface area contributed by atoms with Crippen molar-refractivity contribution < 1.29 is 14.4 Å². The topological polar surface area (TPSA) is 66.5 Å². The van der Waals surface area contributed by atoms with E-state index in [2.05, 4.69) is 5.32 Å². The van der Waals surface area contributed by atoms with Crippen molar-refractivity contribution in [2.24, 2.45) is 11.8 Å². The molecule has 22 heavy (non-hydrogen) atoms. The molecule has 5 nitrogen and oxygen atoms in total. The maximum atomic E-state index is 12.3. The molecule has 0 aromatic rings. The number of carbonyl (C=O) groups is 3. The lowest BCUT2D eigenvalue weighted by Crippen LogP contribution is -2.40. The molecule has 3 fully saturated rings. The molecule has 1 aliphatic carbocycles. The summed E-state index contributed by atoms with van der Waals surface area (Å²) in [7, 11) is 0. The molecule has 2 heterocycles. The van der Waals surface area contributed by atoms with E-state index in [1.54, 1.807) is 0 Å². The van der Waals surface area contributed by atoms with Gasteiger partial charge in [-0.2, -0.15) is 11.8 Å². The Morgan fingerprint density at radius 3 is 2.23 bits per heavy atom. The van der Waals surface area contributed by atoms with Gasteiger partial charge < -0.3 is 5.32 Å². The van der Waals surface area contributed by atoms with Gasteiger partial charge in [-0.05, 0) is 37.2 Å². The zero-order valence-corrected chi connectivity index (χ0v) is 13.7. The summed E-state index contributed by atoms with van der Waals surface area (Å²) in [6.45, 7) is 0.248. The molecule has 3 rings (SSSR count). The molecule has 0 radical (unpaired) electrons. The van der Waals surface area contributed by atoms with Crippen LogP contribution in [0.25, 0.3) is 0 Å². The van der Waals surface area contributed by atoms with Crippen LogP contribution in [0, 0.1) is 11.8 Å². The monoisotopic (exact) mass is 324 g/mol. The van der Waals surface area contributed by atoms with E-state index in [1.165, 1.54) is 4.90 Å². The van der Waals surface area contributed by atoms with E-state index in [0.29, 0.717) is 0 Å². The summed E-state index contributed by atoms with van der Waals surface area (Å²) in [4.78, 5) is 38.0. The van der Waals surface area contributed by atoms with Crippen LogP contribution in [-0.2, 0) is 14.4 Å². The summed E-state index contributed by atoms with van der Waals surface area (Å²) < 4.78 is 0. The number of fused-ring (bicyclic) bond motifs is 1. The molecule has 0 bridgehead atoms. The number of nitrogens with zero attached hydrogens (tertiary/aromatic N) is 1. The molecule has 1 saturated carbocycles. The van der Waals surface area contributed by atoms with Crippen LogP contribution in [0.15, 0.2) is 0 Å². The first-order valence-corrected chi connectivity index (χ1v) is 9.54. The number of hydrogen-bond donors (Lipinski definition) is 1. The van der Waals surface area contributed by atoms with Crippen LogP contribution in [-0.4, -0.2) is 46.7 Å². The predicted molar refractivity (Wildman–Crippen MR) is 85.3 cm³/mol. The average molecular weight is 324 g/mol. The zero-order valence-electron chi connectivity index (χ0n) is 12.9. The highest BCUT2D eigenvalue weighted by atomic mass is 32.2. The summed E-state index contributed by atoms with van der Waals surface area (Å²) in [5.74, 6) is 1.84. The van der Waals surface area contributed by atoms with E-state index in [0.717, 1.165) is 50.0 Å². The van der Waals surface area contributed by atoms with Crippen LogP contribution in [0.1, 0.15) is 44.9 Å². The minimum Gasteiger partial charge on any atom is -0.353 e. The van der Waals surface area contributed by atoms with Crippen LogP contribution in [0.2, 0.25) is 0 Å². The highest BCUT2D eigenvalue weighted by Crippen LogP contribution is 2.37. The lowest BCUT2D eigenvalue weighted by atomic mass is 9.81. The quantitative estimate of drug-likeness (QED) is 0.797. The Bertz CT molecular complexity index is 438. The third-order valence-corrected chi connectivity index (χ3v) is 6.13. The Hall–Kier alpha value is -1.04. The van der Waals surface area contributed by atoms with Crippen molar-refractivity contribution in [2.45, 2.75) is 51.0 Å². The first-order chi connectivity index (χ1) is 10.7. The Morgan fingerprint density at radius 2 is 1.64 bits per heavy atom. The number of nitrogens with one attached hydrogen (secondary N) is 1. The molecular formula is C16H24N2O3S. The minimum atomic E-state index is -0.111. The molecule has 3 amide bonds. The molecule has 0 spiro atoms. The van der Waals surface area contributed by atoms with E-state index in [-0.39, 0.29) is 48.6 Å². The fourth-order valence-corrected chi connectivity index (χ4v) is 4.91. The average Bonchev–Trinajstić information content (AvgIpc) is 2.78. The van der Waals surface area contributed by atoms with Gasteiger partial charge in [-0.3, -0.25) is 19.3 Å². The number of amides is 3. The van der Waals surface area contributed by atoms with Crippen LogP contribution < -0.4 is 5.32 Å². The lowest BCUT2D eigenvalue weighted by Gasteiger charge is -2.23. The predicted octanol–water partition coefficient (Wildman–Crippen LogP) is 1.56. The Kier molecular flexibility index (Phi) is 5.06. The molecule has 2 atom stereocenters. The molecule has 6 heteroatoms. The molecule has 3 aliphatic rings. The van der Waals surface area contributed by atoms with Gasteiger partial charge in [0.1, 0.15) is 0 Å². The first-order valence-electron chi connectivity index (χ1n) is 8.39. The SMILES string of the molecule is O=C(CCN1C(=O)[C@H]2CCCC[C@H]2C1=O)NC1CCSCC1. The Balaban J connectivity index is 1.49. The Morgan fingerprint density at radius 1 is 1.05 bits per heavy atom. The fraction of sp³-hybridized carbons (Fsp3) is 0.812. The number of hydrogen-bond acceptors (Lipinski definition) is 4. The molecular weight excluding hydrogens is 300 g/mol. The van der Waals surface area contributed by atoms with Gasteiger partial charge in [-0.15, -0.1) is 0 Å². The van der Waals surface area contributed by atoms with Gasteiger partial charge in [0.2, 0.25) is 17.7 Å². The van der Waals surface area contributed by atoms with Gasteiger partial charge >= 0.3 is 0 Å². The zero-order chi connectivity index (χ0) is 15.5. The van der Waals surface area contributed by atoms with Gasteiger partial charge in [0.25, 0.3) is 0 Å². The van der Waals surface area contributed by atoms with Crippen LogP contribution >= 0.6 is 11.8 Å². The van der Waals surface area contributed by atoms with Gasteiger partial charge in [-0.25, -0.2) is 0 Å². The fourth-order valence-electron chi connectivity index (χ4n) is 3.81. The second-order valence-corrected chi connectivity index (χ2v) is 7.75.